The highest BCUT2D eigenvalue weighted by atomic mass is 79.9. The van der Waals surface area contributed by atoms with Crippen LogP contribution in [0.15, 0.2) is 0 Å². The molecule has 106 valence electrons. The number of ether oxygens (including phenoxy) is 2. The summed E-state index contributed by atoms with van der Waals surface area (Å²) in [4.78, 5) is 23.0. The summed E-state index contributed by atoms with van der Waals surface area (Å²) in [6.07, 6.45) is 0.246. The second-order valence-corrected chi connectivity index (χ2v) is 6.36. The van der Waals surface area contributed by atoms with Crippen LogP contribution in [-0.2, 0) is 14.3 Å². The highest BCUT2D eigenvalue weighted by Gasteiger charge is 2.33. The minimum absolute atomic E-state index is 0.244. The lowest BCUT2D eigenvalue weighted by atomic mass is 9.99. The molecule has 0 aromatic carbocycles. The Morgan fingerprint density at radius 2 is 1.67 bits per heavy atom. The molecule has 0 atom stereocenters. The van der Waals surface area contributed by atoms with Gasteiger partial charge < -0.3 is 9.47 Å². The number of rotatable bonds is 4. The van der Waals surface area contributed by atoms with E-state index in [9.17, 15) is 9.59 Å². The summed E-state index contributed by atoms with van der Waals surface area (Å²) < 4.78 is 11.1. The Morgan fingerprint density at radius 3 is 2.06 bits per heavy atom. The molecule has 0 aromatic heterocycles. The van der Waals surface area contributed by atoms with E-state index in [4.69, 9.17) is 4.74 Å². The van der Waals surface area contributed by atoms with Gasteiger partial charge in [-0.05, 0) is 41.0 Å². The number of carbonyl (C=O) groups excluding carboxylic acids is 2. The molecule has 0 heterocycles. The predicted molar refractivity (Wildman–Crippen MR) is 72.3 cm³/mol. The first-order valence-electron chi connectivity index (χ1n) is 5.75. The number of amides is 1. The Labute approximate surface area is 117 Å². The summed E-state index contributed by atoms with van der Waals surface area (Å²) in [6.45, 7) is 9.08. The largest absolute Gasteiger partial charge is 0.469 e. The van der Waals surface area contributed by atoms with Crippen LogP contribution in [0.1, 0.15) is 47.5 Å². The van der Waals surface area contributed by atoms with E-state index in [0.717, 1.165) is 0 Å². The summed E-state index contributed by atoms with van der Waals surface area (Å²) >= 11 is 3.20. The van der Waals surface area contributed by atoms with Gasteiger partial charge in [0.2, 0.25) is 0 Å². The standard InChI is InChI=1S/C12H22BrNO4/c1-11(2,3)18-10(16)14(13)12(4,5)8-7-9(15)17-6/h7-8H2,1-6H3. The molecule has 0 bridgehead atoms. The van der Waals surface area contributed by atoms with E-state index in [0.29, 0.717) is 6.42 Å². The fourth-order valence-electron chi connectivity index (χ4n) is 1.16. The predicted octanol–water partition coefficient (Wildman–Crippen LogP) is 3.27. The molecule has 0 saturated heterocycles. The summed E-state index contributed by atoms with van der Waals surface area (Å²) in [5.41, 5.74) is -1.10. The van der Waals surface area contributed by atoms with Gasteiger partial charge in [-0.1, -0.05) is 0 Å². The monoisotopic (exact) mass is 323 g/mol. The average molecular weight is 324 g/mol. The molecular weight excluding hydrogens is 302 g/mol. The maximum absolute atomic E-state index is 11.9. The summed E-state index contributed by atoms with van der Waals surface area (Å²) in [6, 6.07) is 0. The Kier molecular flexibility index (Phi) is 6.13. The van der Waals surface area contributed by atoms with Crippen molar-refractivity contribution in [1.82, 2.24) is 3.93 Å². The van der Waals surface area contributed by atoms with Crippen molar-refractivity contribution in [2.75, 3.05) is 7.11 Å². The van der Waals surface area contributed by atoms with Gasteiger partial charge in [0.25, 0.3) is 0 Å². The number of methoxy groups -OCH3 is 1. The van der Waals surface area contributed by atoms with Crippen LogP contribution in [0.4, 0.5) is 4.79 Å². The van der Waals surface area contributed by atoms with Crippen LogP contribution in [0.3, 0.4) is 0 Å². The molecule has 0 rings (SSSR count). The quantitative estimate of drug-likeness (QED) is 0.588. The Hall–Kier alpha value is -0.780. The van der Waals surface area contributed by atoms with Crippen molar-refractivity contribution in [3.05, 3.63) is 0 Å². The highest BCUT2D eigenvalue weighted by molar-refractivity contribution is 9.07. The summed E-state index contributed by atoms with van der Waals surface area (Å²) in [7, 11) is 1.34. The van der Waals surface area contributed by atoms with Gasteiger partial charge in [0.1, 0.15) is 5.60 Å². The van der Waals surface area contributed by atoms with Gasteiger partial charge in [0.15, 0.2) is 0 Å². The maximum Gasteiger partial charge on any atom is 0.420 e. The van der Waals surface area contributed by atoms with Crippen molar-refractivity contribution in [2.24, 2.45) is 0 Å². The third kappa shape index (κ3) is 6.23. The van der Waals surface area contributed by atoms with Crippen LogP contribution in [0.25, 0.3) is 0 Å². The molecule has 0 fully saturated rings. The minimum Gasteiger partial charge on any atom is -0.469 e. The lowest BCUT2D eigenvalue weighted by Gasteiger charge is -2.34. The molecular formula is C12H22BrNO4. The first-order valence-corrected chi connectivity index (χ1v) is 6.46. The van der Waals surface area contributed by atoms with Crippen molar-refractivity contribution in [1.29, 1.82) is 0 Å². The highest BCUT2D eigenvalue weighted by Crippen LogP contribution is 2.26. The van der Waals surface area contributed by atoms with Gasteiger partial charge in [0, 0.05) is 6.42 Å². The number of carbonyl (C=O) groups is 2. The molecule has 0 unspecified atom stereocenters. The van der Waals surface area contributed by atoms with Gasteiger partial charge in [0.05, 0.1) is 28.8 Å². The van der Waals surface area contributed by atoms with E-state index >= 15 is 0 Å². The van der Waals surface area contributed by atoms with Crippen LogP contribution in [-0.4, -0.2) is 34.2 Å². The van der Waals surface area contributed by atoms with Crippen LogP contribution >= 0.6 is 16.1 Å². The lowest BCUT2D eigenvalue weighted by molar-refractivity contribution is -0.141. The van der Waals surface area contributed by atoms with Gasteiger partial charge in [-0.2, -0.15) is 0 Å². The van der Waals surface area contributed by atoms with E-state index in [1.165, 1.54) is 11.0 Å². The Bertz CT molecular complexity index is 310. The first kappa shape index (κ1) is 17.2. The molecule has 0 spiro atoms. The molecule has 0 aliphatic carbocycles. The zero-order chi connectivity index (χ0) is 14.6. The number of nitrogens with zero attached hydrogens (tertiary/aromatic N) is 1. The zero-order valence-corrected chi connectivity index (χ0v) is 13.5. The molecule has 0 radical (unpaired) electrons. The van der Waals surface area contributed by atoms with Gasteiger partial charge in [-0.25, -0.2) is 8.72 Å². The Morgan fingerprint density at radius 1 is 1.17 bits per heavy atom. The van der Waals surface area contributed by atoms with Gasteiger partial charge in [-0.15, -0.1) is 0 Å². The van der Waals surface area contributed by atoms with Crippen molar-refractivity contribution >= 4 is 28.2 Å². The lowest BCUT2D eigenvalue weighted by Crippen LogP contribution is -2.43. The first-order chi connectivity index (χ1) is 7.99. The van der Waals surface area contributed by atoms with Crippen molar-refractivity contribution in [3.8, 4) is 0 Å². The SMILES string of the molecule is COC(=O)CCC(C)(C)N(Br)C(=O)OC(C)(C)C. The van der Waals surface area contributed by atoms with Crippen molar-refractivity contribution in [2.45, 2.75) is 58.6 Å². The summed E-state index contributed by atoms with van der Waals surface area (Å²) in [5.74, 6) is -0.298. The summed E-state index contributed by atoms with van der Waals surface area (Å²) in [5, 5.41) is 0. The number of halogens is 1. The number of hydrogen-bond acceptors (Lipinski definition) is 4. The number of hydrogen-bond donors (Lipinski definition) is 0. The van der Waals surface area contributed by atoms with Crippen LogP contribution in [0.5, 0.6) is 0 Å². The van der Waals surface area contributed by atoms with Gasteiger partial charge in [-0.3, -0.25) is 4.79 Å². The molecule has 0 saturated carbocycles. The average Bonchev–Trinajstić information content (AvgIpc) is 2.22. The smallest absolute Gasteiger partial charge is 0.420 e. The second kappa shape index (κ2) is 6.41. The zero-order valence-electron chi connectivity index (χ0n) is 11.9. The fraction of sp³-hybridized carbons (Fsp3) is 0.833. The molecule has 1 amide bonds. The molecule has 0 N–H and O–H groups in total. The van der Waals surface area contributed by atoms with E-state index in [-0.39, 0.29) is 12.4 Å². The van der Waals surface area contributed by atoms with Crippen LogP contribution < -0.4 is 0 Å². The molecule has 0 aliphatic heterocycles. The number of esters is 1. The van der Waals surface area contributed by atoms with Crippen LogP contribution in [0, 0.1) is 0 Å². The molecule has 6 heteroatoms. The fourth-order valence-corrected chi connectivity index (χ4v) is 1.41. The Balaban J connectivity index is 4.50. The third-order valence-electron chi connectivity index (χ3n) is 2.25. The topological polar surface area (TPSA) is 55.8 Å². The van der Waals surface area contributed by atoms with E-state index in [1.54, 1.807) is 20.8 Å². The molecule has 0 aliphatic rings. The normalized spacial score (nSPS) is 11.9. The van der Waals surface area contributed by atoms with Crippen molar-refractivity contribution < 1.29 is 19.1 Å². The third-order valence-corrected chi connectivity index (χ3v) is 3.50. The van der Waals surface area contributed by atoms with Crippen molar-refractivity contribution in [3.63, 3.8) is 0 Å². The van der Waals surface area contributed by atoms with E-state index in [2.05, 4.69) is 20.9 Å². The van der Waals surface area contributed by atoms with Gasteiger partial charge >= 0.3 is 12.1 Å². The molecule has 0 aromatic rings. The second-order valence-electron chi connectivity index (χ2n) is 5.65. The van der Waals surface area contributed by atoms with E-state index in [1.807, 2.05) is 13.8 Å². The minimum atomic E-state index is -0.554. The van der Waals surface area contributed by atoms with E-state index < -0.39 is 17.2 Å². The molecule has 18 heavy (non-hydrogen) atoms. The maximum atomic E-state index is 11.9. The van der Waals surface area contributed by atoms with Crippen LogP contribution in [0.2, 0.25) is 0 Å². The molecule has 5 nitrogen and oxygen atoms in total.